The molecule has 0 saturated carbocycles. The van der Waals surface area contributed by atoms with Gasteiger partial charge in [0.1, 0.15) is 0 Å². The summed E-state index contributed by atoms with van der Waals surface area (Å²) in [6.45, 7) is 2.14. The minimum atomic E-state index is 0.781. The molecule has 0 unspecified atom stereocenters. The third-order valence-electron chi connectivity index (χ3n) is 3.39. The van der Waals surface area contributed by atoms with E-state index in [9.17, 15) is 0 Å². The van der Waals surface area contributed by atoms with E-state index < -0.39 is 0 Å². The van der Waals surface area contributed by atoms with Crippen LogP contribution in [0.15, 0.2) is 48.7 Å². The summed E-state index contributed by atoms with van der Waals surface area (Å²) in [7, 11) is 2.07. The van der Waals surface area contributed by atoms with Crippen molar-refractivity contribution in [1.82, 2.24) is 4.57 Å². The molecule has 0 radical (unpaired) electrons. The Morgan fingerprint density at radius 1 is 1.00 bits per heavy atom. The molecule has 2 aromatic carbocycles. The number of aromatic nitrogens is 1. The first-order chi connectivity index (χ1) is 8.66. The van der Waals surface area contributed by atoms with E-state index in [4.69, 9.17) is 11.6 Å². The van der Waals surface area contributed by atoms with Crippen LogP contribution in [0.25, 0.3) is 22.0 Å². The summed E-state index contributed by atoms with van der Waals surface area (Å²) in [5, 5.41) is 1.99. The Morgan fingerprint density at radius 3 is 2.56 bits per heavy atom. The summed E-state index contributed by atoms with van der Waals surface area (Å²) in [6, 6.07) is 14.5. The lowest BCUT2D eigenvalue weighted by molar-refractivity contribution is 0.970. The highest BCUT2D eigenvalue weighted by Crippen LogP contribution is 2.33. The Labute approximate surface area is 112 Å². The van der Waals surface area contributed by atoms with Gasteiger partial charge in [-0.3, -0.25) is 0 Å². The van der Waals surface area contributed by atoms with E-state index in [1.807, 2.05) is 12.1 Å². The third kappa shape index (κ3) is 1.72. The van der Waals surface area contributed by atoms with Crippen molar-refractivity contribution in [1.29, 1.82) is 0 Å². The van der Waals surface area contributed by atoms with E-state index in [1.165, 1.54) is 27.6 Å². The Balaban J connectivity index is 2.36. The number of nitrogens with zero attached hydrogens (tertiary/aromatic N) is 1. The van der Waals surface area contributed by atoms with E-state index in [-0.39, 0.29) is 0 Å². The first kappa shape index (κ1) is 11.4. The lowest BCUT2D eigenvalue weighted by Gasteiger charge is -2.04. The van der Waals surface area contributed by atoms with Crippen LogP contribution in [0.1, 0.15) is 5.56 Å². The van der Waals surface area contributed by atoms with Crippen LogP contribution in [0.5, 0.6) is 0 Å². The smallest absolute Gasteiger partial charge is 0.0485 e. The molecule has 90 valence electrons. The maximum absolute atomic E-state index is 6.12. The molecular formula is C16H14ClN. The zero-order chi connectivity index (χ0) is 12.7. The van der Waals surface area contributed by atoms with E-state index in [0.717, 1.165) is 5.02 Å². The molecule has 0 atom stereocenters. The maximum Gasteiger partial charge on any atom is 0.0485 e. The average molecular weight is 256 g/mol. The van der Waals surface area contributed by atoms with Crippen molar-refractivity contribution in [2.45, 2.75) is 6.92 Å². The van der Waals surface area contributed by atoms with E-state index >= 15 is 0 Å². The first-order valence-corrected chi connectivity index (χ1v) is 6.35. The van der Waals surface area contributed by atoms with Crippen LogP contribution in [0.4, 0.5) is 0 Å². The molecular weight excluding hydrogens is 242 g/mol. The second-order valence-corrected chi connectivity index (χ2v) is 5.07. The van der Waals surface area contributed by atoms with Crippen LogP contribution in [0.3, 0.4) is 0 Å². The largest absolute Gasteiger partial charge is 0.350 e. The second-order valence-electron chi connectivity index (χ2n) is 4.63. The van der Waals surface area contributed by atoms with Gasteiger partial charge in [0.15, 0.2) is 0 Å². The van der Waals surface area contributed by atoms with E-state index in [1.54, 1.807) is 0 Å². The van der Waals surface area contributed by atoms with Crippen molar-refractivity contribution in [3.05, 3.63) is 59.2 Å². The number of benzene rings is 2. The zero-order valence-electron chi connectivity index (χ0n) is 10.4. The van der Waals surface area contributed by atoms with Gasteiger partial charge in [-0.2, -0.15) is 0 Å². The van der Waals surface area contributed by atoms with Gasteiger partial charge in [0, 0.05) is 34.7 Å². The minimum absolute atomic E-state index is 0.781. The zero-order valence-corrected chi connectivity index (χ0v) is 11.2. The number of rotatable bonds is 1. The van der Waals surface area contributed by atoms with Crippen LogP contribution >= 0.6 is 11.6 Å². The van der Waals surface area contributed by atoms with Gasteiger partial charge in [0.05, 0.1) is 0 Å². The molecule has 0 N–H and O–H groups in total. The number of fused-ring (bicyclic) bond motifs is 1. The molecule has 0 aliphatic rings. The van der Waals surface area contributed by atoms with Crippen LogP contribution in [-0.4, -0.2) is 4.57 Å². The highest BCUT2D eigenvalue weighted by atomic mass is 35.5. The highest BCUT2D eigenvalue weighted by molar-refractivity contribution is 6.31. The molecule has 1 heterocycles. The molecule has 1 nitrogen and oxygen atoms in total. The molecule has 0 fully saturated rings. The molecule has 0 aliphatic carbocycles. The Bertz CT molecular complexity index is 725. The SMILES string of the molecule is Cc1ccccc1-c1cn(C)c2ccc(Cl)cc12. The van der Waals surface area contributed by atoms with Crippen molar-refractivity contribution in [3.63, 3.8) is 0 Å². The van der Waals surface area contributed by atoms with Crippen molar-refractivity contribution >= 4 is 22.5 Å². The first-order valence-electron chi connectivity index (χ1n) is 5.97. The van der Waals surface area contributed by atoms with Crippen molar-refractivity contribution in [2.75, 3.05) is 0 Å². The normalized spacial score (nSPS) is 11.1. The monoisotopic (exact) mass is 255 g/mol. The van der Waals surface area contributed by atoms with Gasteiger partial charge in [-0.05, 0) is 36.2 Å². The highest BCUT2D eigenvalue weighted by Gasteiger charge is 2.10. The van der Waals surface area contributed by atoms with Crippen molar-refractivity contribution < 1.29 is 0 Å². The molecule has 2 heteroatoms. The third-order valence-corrected chi connectivity index (χ3v) is 3.62. The summed E-state index contributed by atoms with van der Waals surface area (Å²) < 4.78 is 2.15. The van der Waals surface area contributed by atoms with Gasteiger partial charge in [0.25, 0.3) is 0 Å². The molecule has 0 saturated heterocycles. The fraction of sp³-hybridized carbons (Fsp3) is 0.125. The van der Waals surface area contributed by atoms with Gasteiger partial charge >= 0.3 is 0 Å². The fourth-order valence-electron chi connectivity index (χ4n) is 2.45. The fourth-order valence-corrected chi connectivity index (χ4v) is 2.63. The van der Waals surface area contributed by atoms with E-state index in [2.05, 4.69) is 55.1 Å². The second kappa shape index (κ2) is 4.18. The minimum Gasteiger partial charge on any atom is -0.350 e. The van der Waals surface area contributed by atoms with Crippen LogP contribution < -0.4 is 0 Å². The lowest BCUT2D eigenvalue weighted by Crippen LogP contribution is -1.82. The number of aryl methyl sites for hydroxylation is 2. The van der Waals surface area contributed by atoms with Crippen molar-refractivity contribution in [2.24, 2.45) is 7.05 Å². The van der Waals surface area contributed by atoms with Crippen LogP contribution in [0, 0.1) is 6.92 Å². The summed E-state index contributed by atoms with van der Waals surface area (Å²) in [5.74, 6) is 0. The van der Waals surface area contributed by atoms with Gasteiger partial charge in [-0.1, -0.05) is 35.9 Å². The van der Waals surface area contributed by atoms with Crippen molar-refractivity contribution in [3.8, 4) is 11.1 Å². The summed E-state index contributed by atoms with van der Waals surface area (Å²) in [5.41, 5.74) is 5.00. The Morgan fingerprint density at radius 2 is 1.78 bits per heavy atom. The summed E-state index contributed by atoms with van der Waals surface area (Å²) >= 11 is 6.12. The number of hydrogen-bond acceptors (Lipinski definition) is 0. The predicted molar refractivity (Wildman–Crippen MR) is 78.1 cm³/mol. The van der Waals surface area contributed by atoms with Gasteiger partial charge in [0.2, 0.25) is 0 Å². The average Bonchev–Trinajstić information content (AvgIpc) is 2.67. The van der Waals surface area contributed by atoms with Crippen LogP contribution in [0.2, 0.25) is 5.02 Å². The molecule has 3 aromatic rings. The number of halogens is 1. The quantitative estimate of drug-likeness (QED) is 0.588. The lowest BCUT2D eigenvalue weighted by atomic mass is 10.0. The molecule has 0 spiro atoms. The summed E-state index contributed by atoms with van der Waals surface area (Å²) in [6.07, 6.45) is 2.17. The Kier molecular flexibility index (Phi) is 2.64. The Hall–Kier alpha value is -1.73. The molecule has 0 aliphatic heterocycles. The molecule has 0 bridgehead atoms. The van der Waals surface area contributed by atoms with Gasteiger partial charge in [-0.25, -0.2) is 0 Å². The number of hydrogen-bond donors (Lipinski definition) is 0. The van der Waals surface area contributed by atoms with E-state index in [0.29, 0.717) is 0 Å². The molecule has 1 aromatic heterocycles. The van der Waals surface area contributed by atoms with Gasteiger partial charge < -0.3 is 4.57 Å². The maximum atomic E-state index is 6.12. The van der Waals surface area contributed by atoms with Crippen LogP contribution in [-0.2, 0) is 7.05 Å². The molecule has 0 amide bonds. The summed E-state index contributed by atoms with van der Waals surface area (Å²) in [4.78, 5) is 0. The topological polar surface area (TPSA) is 4.93 Å². The molecule has 18 heavy (non-hydrogen) atoms. The van der Waals surface area contributed by atoms with Gasteiger partial charge in [-0.15, -0.1) is 0 Å². The predicted octanol–water partition coefficient (Wildman–Crippen LogP) is 4.81. The molecule has 3 rings (SSSR count). The standard InChI is InChI=1S/C16H14ClN/c1-11-5-3-4-6-13(11)15-10-18(2)16-8-7-12(17)9-14(15)16/h3-10H,1-2H3.